The molecule has 1 nitrogen and oxygen atoms in total. The summed E-state index contributed by atoms with van der Waals surface area (Å²) in [6.07, 6.45) is 6.57. The van der Waals surface area contributed by atoms with Crippen molar-refractivity contribution in [1.29, 1.82) is 0 Å². The van der Waals surface area contributed by atoms with E-state index in [0.717, 1.165) is 12.1 Å². The second-order valence-electron chi connectivity index (χ2n) is 8.39. The maximum atomic E-state index is 2.77. The van der Waals surface area contributed by atoms with Crippen molar-refractivity contribution in [2.24, 2.45) is 0 Å². The minimum absolute atomic E-state index is 0.600. The van der Waals surface area contributed by atoms with Gasteiger partial charge in [0.1, 0.15) is 0 Å². The molecule has 0 aromatic heterocycles. The Kier molecular flexibility index (Phi) is 4.69. The van der Waals surface area contributed by atoms with Crippen molar-refractivity contribution in [3.63, 3.8) is 0 Å². The number of hydrogen-bond acceptors (Lipinski definition) is 1. The molecule has 0 saturated carbocycles. The van der Waals surface area contributed by atoms with Gasteiger partial charge in [0.15, 0.2) is 0 Å². The number of fused-ring (bicyclic) bond motifs is 1. The molecule has 0 amide bonds. The van der Waals surface area contributed by atoms with E-state index < -0.39 is 0 Å². The summed E-state index contributed by atoms with van der Waals surface area (Å²) in [6, 6.07) is 17.9. The van der Waals surface area contributed by atoms with Gasteiger partial charge >= 0.3 is 0 Å². The van der Waals surface area contributed by atoms with E-state index in [1.807, 2.05) is 0 Å². The highest BCUT2D eigenvalue weighted by Gasteiger charge is 2.30. The van der Waals surface area contributed by atoms with Crippen molar-refractivity contribution < 1.29 is 0 Å². The lowest BCUT2D eigenvalue weighted by atomic mass is 9.85. The lowest BCUT2D eigenvalue weighted by Gasteiger charge is -2.35. The number of nitrogens with zero attached hydrogens (tertiary/aromatic N) is 1. The van der Waals surface area contributed by atoms with Crippen molar-refractivity contribution in [2.45, 2.75) is 70.9 Å². The van der Waals surface area contributed by atoms with Gasteiger partial charge < -0.3 is 0 Å². The standard InChI is InChI=1S/C24H31N/c1-17(2)19-6-8-20(9-7-19)21-10-11-23-16-24(13-12-22(23)15-21)25-14-4-5-18(25)3/h6-11,15,17-18,24H,4-5,12-14,16H2,1-3H3. The molecule has 1 aliphatic heterocycles. The van der Waals surface area contributed by atoms with Crippen molar-refractivity contribution in [1.82, 2.24) is 4.90 Å². The molecular weight excluding hydrogens is 302 g/mol. The molecule has 2 unspecified atom stereocenters. The average Bonchev–Trinajstić information content (AvgIpc) is 3.07. The minimum Gasteiger partial charge on any atom is -0.297 e. The van der Waals surface area contributed by atoms with Gasteiger partial charge in [-0.3, -0.25) is 4.90 Å². The van der Waals surface area contributed by atoms with Crippen molar-refractivity contribution in [3.8, 4) is 11.1 Å². The number of aryl methyl sites for hydroxylation is 1. The second-order valence-corrected chi connectivity index (χ2v) is 8.39. The summed E-state index contributed by atoms with van der Waals surface area (Å²) in [7, 11) is 0. The topological polar surface area (TPSA) is 3.24 Å². The third-order valence-electron chi connectivity index (χ3n) is 6.39. The molecule has 1 heteroatoms. The molecule has 0 spiro atoms. The van der Waals surface area contributed by atoms with Crippen LogP contribution in [0, 0.1) is 0 Å². The highest BCUT2D eigenvalue weighted by atomic mass is 15.2. The summed E-state index contributed by atoms with van der Waals surface area (Å²) in [5.74, 6) is 0.600. The molecule has 2 aromatic carbocycles. The Morgan fingerprint density at radius 1 is 0.920 bits per heavy atom. The number of benzene rings is 2. The first-order valence-electron chi connectivity index (χ1n) is 10.1. The fourth-order valence-corrected chi connectivity index (χ4v) is 4.76. The number of rotatable bonds is 3. The van der Waals surface area contributed by atoms with Crippen molar-refractivity contribution >= 4 is 0 Å². The first-order valence-corrected chi connectivity index (χ1v) is 10.1. The molecule has 4 rings (SSSR count). The van der Waals surface area contributed by atoms with Crippen molar-refractivity contribution in [3.05, 3.63) is 59.2 Å². The summed E-state index contributed by atoms with van der Waals surface area (Å²) in [6.45, 7) is 8.23. The van der Waals surface area contributed by atoms with E-state index in [0.29, 0.717) is 5.92 Å². The molecule has 1 heterocycles. The Balaban J connectivity index is 1.53. The van der Waals surface area contributed by atoms with Crippen LogP contribution in [0.5, 0.6) is 0 Å². The van der Waals surface area contributed by atoms with Crippen LogP contribution in [0.25, 0.3) is 11.1 Å². The Bertz CT molecular complexity index is 728. The third-order valence-corrected chi connectivity index (χ3v) is 6.39. The molecule has 1 saturated heterocycles. The first-order chi connectivity index (χ1) is 12.1. The van der Waals surface area contributed by atoms with Gasteiger partial charge in [0.25, 0.3) is 0 Å². The van der Waals surface area contributed by atoms with E-state index in [4.69, 9.17) is 0 Å². The quantitative estimate of drug-likeness (QED) is 0.684. The molecule has 0 radical (unpaired) electrons. The smallest absolute Gasteiger partial charge is 0.0142 e. The fraction of sp³-hybridized carbons (Fsp3) is 0.500. The van der Waals surface area contributed by atoms with Gasteiger partial charge in [0.05, 0.1) is 0 Å². The Morgan fingerprint density at radius 2 is 1.68 bits per heavy atom. The number of likely N-dealkylation sites (tertiary alicyclic amines) is 1. The molecule has 1 aliphatic carbocycles. The van der Waals surface area contributed by atoms with E-state index in [-0.39, 0.29) is 0 Å². The molecule has 0 N–H and O–H groups in total. The molecule has 25 heavy (non-hydrogen) atoms. The minimum atomic E-state index is 0.600. The van der Waals surface area contributed by atoms with Crippen LogP contribution in [-0.2, 0) is 12.8 Å². The summed E-state index contributed by atoms with van der Waals surface area (Å²) in [4.78, 5) is 2.77. The van der Waals surface area contributed by atoms with Crippen LogP contribution in [0.15, 0.2) is 42.5 Å². The van der Waals surface area contributed by atoms with Gasteiger partial charge in [-0.15, -0.1) is 0 Å². The highest BCUT2D eigenvalue weighted by molar-refractivity contribution is 5.65. The van der Waals surface area contributed by atoms with Gasteiger partial charge in [-0.1, -0.05) is 56.3 Å². The van der Waals surface area contributed by atoms with E-state index >= 15 is 0 Å². The van der Waals surface area contributed by atoms with E-state index in [1.54, 1.807) is 11.1 Å². The summed E-state index contributed by atoms with van der Waals surface area (Å²) >= 11 is 0. The van der Waals surface area contributed by atoms with Gasteiger partial charge in [-0.25, -0.2) is 0 Å². The van der Waals surface area contributed by atoms with Crippen molar-refractivity contribution in [2.75, 3.05) is 6.54 Å². The van der Waals surface area contributed by atoms with Crippen LogP contribution in [0.2, 0.25) is 0 Å². The number of hydrogen-bond donors (Lipinski definition) is 0. The van der Waals surface area contributed by atoms with Gasteiger partial charge in [-0.2, -0.15) is 0 Å². The lowest BCUT2D eigenvalue weighted by molar-refractivity contribution is 0.174. The molecule has 2 aromatic rings. The maximum Gasteiger partial charge on any atom is 0.0142 e. The zero-order valence-corrected chi connectivity index (χ0v) is 16.0. The van der Waals surface area contributed by atoms with E-state index in [9.17, 15) is 0 Å². The van der Waals surface area contributed by atoms with Crippen LogP contribution in [0.1, 0.15) is 62.6 Å². The van der Waals surface area contributed by atoms with E-state index in [1.165, 1.54) is 55.3 Å². The molecule has 132 valence electrons. The summed E-state index contributed by atoms with van der Waals surface area (Å²) in [5, 5.41) is 0. The third kappa shape index (κ3) is 3.40. The van der Waals surface area contributed by atoms with Crippen LogP contribution in [0.4, 0.5) is 0 Å². The van der Waals surface area contributed by atoms with Crippen LogP contribution in [0.3, 0.4) is 0 Å². The molecule has 0 bridgehead atoms. The van der Waals surface area contributed by atoms with Gasteiger partial charge in [-0.05, 0) is 79.3 Å². The van der Waals surface area contributed by atoms with Crippen LogP contribution < -0.4 is 0 Å². The van der Waals surface area contributed by atoms with Crippen LogP contribution in [-0.4, -0.2) is 23.5 Å². The lowest BCUT2D eigenvalue weighted by Crippen LogP contribution is -2.41. The maximum absolute atomic E-state index is 2.77. The normalized spacial score (nSPS) is 23.8. The summed E-state index contributed by atoms with van der Waals surface area (Å²) < 4.78 is 0. The average molecular weight is 334 g/mol. The van der Waals surface area contributed by atoms with Gasteiger partial charge in [0.2, 0.25) is 0 Å². The largest absolute Gasteiger partial charge is 0.297 e. The fourth-order valence-electron chi connectivity index (χ4n) is 4.76. The Labute approximate surface area is 153 Å². The summed E-state index contributed by atoms with van der Waals surface area (Å²) in [5.41, 5.74) is 7.31. The molecular formula is C24H31N. The van der Waals surface area contributed by atoms with Gasteiger partial charge in [0, 0.05) is 12.1 Å². The van der Waals surface area contributed by atoms with Crippen LogP contribution >= 0.6 is 0 Å². The first kappa shape index (κ1) is 16.8. The molecule has 1 fully saturated rings. The SMILES string of the molecule is CC(C)c1ccc(-c2ccc3c(c2)CCC(N2CCCC2C)C3)cc1. The van der Waals surface area contributed by atoms with E-state index in [2.05, 4.69) is 68.1 Å². The zero-order chi connectivity index (χ0) is 17.4. The Morgan fingerprint density at radius 3 is 2.36 bits per heavy atom. The predicted molar refractivity (Wildman–Crippen MR) is 107 cm³/mol. The second kappa shape index (κ2) is 6.96. The monoisotopic (exact) mass is 333 g/mol. The predicted octanol–water partition coefficient (Wildman–Crippen LogP) is 5.82. The Hall–Kier alpha value is -1.60. The molecule has 2 atom stereocenters. The molecule has 2 aliphatic rings. The highest BCUT2D eigenvalue weighted by Crippen LogP contribution is 2.32. The zero-order valence-electron chi connectivity index (χ0n) is 16.0.